The van der Waals surface area contributed by atoms with Gasteiger partial charge in [0.15, 0.2) is 0 Å². The number of rotatable bonds is 5. The fourth-order valence-electron chi connectivity index (χ4n) is 0.465. The minimum atomic E-state index is -0.324. The standard InChI is InChI=1S/2C4H10O2/c1-4(5)3-6-2;5-3-1-2-4-6/h4-5H,3H2,1-2H3;5-6H,1-4H2. The van der Waals surface area contributed by atoms with Crippen molar-refractivity contribution in [2.45, 2.75) is 25.9 Å². The first-order valence-electron chi connectivity index (χ1n) is 4.07. The van der Waals surface area contributed by atoms with E-state index in [1.165, 1.54) is 0 Å². The minimum Gasteiger partial charge on any atom is -0.396 e. The summed E-state index contributed by atoms with van der Waals surface area (Å²) in [7, 11) is 1.56. The van der Waals surface area contributed by atoms with Crippen LogP contribution in [0.15, 0.2) is 0 Å². The van der Waals surface area contributed by atoms with Gasteiger partial charge in [0, 0.05) is 20.3 Å². The molecule has 0 rings (SSSR count). The molecule has 0 aliphatic heterocycles. The summed E-state index contributed by atoms with van der Waals surface area (Å²) in [6.45, 7) is 2.50. The largest absolute Gasteiger partial charge is 0.396 e. The minimum absolute atomic E-state index is 0.195. The predicted octanol–water partition coefficient (Wildman–Crippen LogP) is -0.235. The molecule has 0 radical (unpaired) electrons. The smallest absolute Gasteiger partial charge is 0.0745 e. The van der Waals surface area contributed by atoms with E-state index in [9.17, 15) is 0 Å². The first-order chi connectivity index (χ1) is 5.68. The van der Waals surface area contributed by atoms with Crippen LogP contribution in [0.2, 0.25) is 0 Å². The maximum absolute atomic E-state index is 8.43. The van der Waals surface area contributed by atoms with Crippen LogP contribution in [0.1, 0.15) is 19.8 Å². The van der Waals surface area contributed by atoms with Crippen LogP contribution in [0.4, 0.5) is 0 Å². The average molecular weight is 180 g/mol. The van der Waals surface area contributed by atoms with Gasteiger partial charge in [0.2, 0.25) is 0 Å². The Morgan fingerprint density at radius 1 is 1.17 bits per heavy atom. The molecule has 4 nitrogen and oxygen atoms in total. The second-order valence-electron chi connectivity index (χ2n) is 2.46. The first-order valence-corrected chi connectivity index (χ1v) is 4.07. The quantitative estimate of drug-likeness (QED) is 0.511. The van der Waals surface area contributed by atoms with Crippen LogP contribution >= 0.6 is 0 Å². The maximum Gasteiger partial charge on any atom is 0.0745 e. The van der Waals surface area contributed by atoms with E-state index >= 15 is 0 Å². The molecule has 0 aliphatic rings. The fourth-order valence-corrected chi connectivity index (χ4v) is 0.465. The van der Waals surface area contributed by atoms with E-state index in [1.54, 1.807) is 14.0 Å². The van der Waals surface area contributed by atoms with Gasteiger partial charge in [0.1, 0.15) is 0 Å². The highest BCUT2D eigenvalue weighted by atomic mass is 16.5. The van der Waals surface area contributed by atoms with Gasteiger partial charge in [0.25, 0.3) is 0 Å². The Bertz CT molecular complexity index is 62.1. The number of ether oxygens (including phenoxy) is 1. The molecule has 0 spiro atoms. The lowest BCUT2D eigenvalue weighted by atomic mass is 10.3. The van der Waals surface area contributed by atoms with Gasteiger partial charge < -0.3 is 20.1 Å². The molecule has 1 atom stereocenters. The fraction of sp³-hybridized carbons (Fsp3) is 1.00. The summed E-state index contributed by atoms with van der Waals surface area (Å²) < 4.78 is 4.55. The van der Waals surface area contributed by atoms with Crippen molar-refractivity contribution in [2.24, 2.45) is 0 Å². The van der Waals surface area contributed by atoms with E-state index in [0.717, 1.165) is 12.8 Å². The summed E-state index contributed by atoms with van der Waals surface area (Å²) in [6.07, 6.45) is 1.11. The van der Waals surface area contributed by atoms with Gasteiger partial charge in [-0.15, -0.1) is 0 Å². The monoisotopic (exact) mass is 180 g/mol. The Kier molecular flexibility index (Phi) is 16.1. The summed E-state index contributed by atoms with van der Waals surface area (Å²) in [4.78, 5) is 0. The average Bonchev–Trinajstić information content (AvgIpc) is 2.02. The Balaban J connectivity index is 0. The van der Waals surface area contributed by atoms with Crippen molar-refractivity contribution in [1.29, 1.82) is 0 Å². The zero-order valence-electron chi connectivity index (χ0n) is 7.86. The molecular formula is C8H20O4. The topological polar surface area (TPSA) is 69.9 Å². The second-order valence-corrected chi connectivity index (χ2v) is 2.46. The van der Waals surface area contributed by atoms with Gasteiger partial charge in [-0.05, 0) is 19.8 Å². The van der Waals surface area contributed by atoms with E-state index in [1.807, 2.05) is 0 Å². The summed E-state index contributed by atoms with van der Waals surface area (Å²) in [5, 5.41) is 24.6. The Morgan fingerprint density at radius 3 is 1.67 bits per heavy atom. The molecule has 0 saturated heterocycles. The van der Waals surface area contributed by atoms with Crippen LogP contribution in [-0.4, -0.2) is 48.4 Å². The van der Waals surface area contributed by atoms with E-state index in [0.29, 0.717) is 6.61 Å². The predicted molar refractivity (Wildman–Crippen MR) is 47.0 cm³/mol. The van der Waals surface area contributed by atoms with Gasteiger partial charge in [-0.25, -0.2) is 0 Å². The molecule has 0 aliphatic carbocycles. The second kappa shape index (κ2) is 13.4. The van der Waals surface area contributed by atoms with Crippen molar-refractivity contribution < 1.29 is 20.1 Å². The number of hydrogen-bond donors (Lipinski definition) is 3. The summed E-state index contributed by atoms with van der Waals surface area (Å²) in [5.41, 5.74) is 0. The van der Waals surface area contributed by atoms with Crippen LogP contribution in [0.5, 0.6) is 0 Å². The van der Waals surface area contributed by atoms with Crippen LogP contribution < -0.4 is 0 Å². The molecular weight excluding hydrogens is 160 g/mol. The van der Waals surface area contributed by atoms with Crippen molar-refractivity contribution in [1.82, 2.24) is 0 Å². The highest BCUT2D eigenvalue weighted by Crippen LogP contribution is 1.80. The molecule has 0 bridgehead atoms. The number of unbranched alkanes of at least 4 members (excludes halogenated alkanes) is 1. The Hall–Kier alpha value is -0.160. The third-order valence-corrected chi connectivity index (χ3v) is 0.974. The first kappa shape index (κ1) is 14.4. The van der Waals surface area contributed by atoms with E-state index in [4.69, 9.17) is 15.3 Å². The van der Waals surface area contributed by atoms with Crippen LogP contribution in [0, 0.1) is 0 Å². The lowest BCUT2D eigenvalue weighted by Crippen LogP contribution is -2.07. The number of aliphatic hydroxyl groups excluding tert-OH is 3. The zero-order valence-corrected chi connectivity index (χ0v) is 7.86. The lowest BCUT2D eigenvalue weighted by Gasteiger charge is -1.97. The molecule has 12 heavy (non-hydrogen) atoms. The molecule has 76 valence electrons. The molecule has 0 heterocycles. The maximum atomic E-state index is 8.43. The number of aliphatic hydroxyl groups is 3. The van der Waals surface area contributed by atoms with E-state index in [-0.39, 0.29) is 19.3 Å². The van der Waals surface area contributed by atoms with Gasteiger partial charge in [-0.2, -0.15) is 0 Å². The van der Waals surface area contributed by atoms with Crippen LogP contribution in [-0.2, 0) is 4.74 Å². The summed E-state index contributed by atoms with van der Waals surface area (Å²) >= 11 is 0. The number of hydrogen-bond acceptors (Lipinski definition) is 4. The molecule has 0 aromatic heterocycles. The highest BCUT2D eigenvalue weighted by Gasteiger charge is 1.87. The summed E-state index contributed by atoms with van der Waals surface area (Å²) in [6, 6.07) is 0. The lowest BCUT2D eigenvalue weighted by molar-refractivity contribution is 0.0765. The van der Waals surface area contributed by atoms with Crippen molar-refractivity contribution in [2.75, 3.05) is 26.9 Å². The van der Waals surface area contributed by atoms with Crippen LogP contribution in [0.3, 0.4) is 0 Å². The molecule has 3 N–H and O–H groups in total. The van der Waals surface area contributed by atoms with Crippen LogP contribution in [0.25, 0.3) is 0 Å². The molecule has 0 fully saturated rings. The van der Waals surface area contributed by atoms with Crippen molar-refractivity contribution >= 4 is 0 Å². The van der Waals surface area contributed by atoms with Gasteiger partial charge in [-0.1, -0.05) is 0 Å². The molecule has 4 heteroatoms. The van der Waals surface area contributed by atoms with Gasteiger partial charge in [-0.3, -0.25) is 0 Å². The SMILES string of the molecule is COCC(C)O.OCCCCO. The molecule has 1 unspecified atom stereocenters. The molecule has 0 amide bonds. The Labute approximate surface area is 73.8 Å². The van der Waals surface area contributed by atoms with Gasteiger partial charge in [0.05, 0.1) is 12.7 Å². The molecule has 0 aromatic rings. The normalized spacial score (nSPS) is 11.8. The summed E-state index contributed by atoms with van der Waals surface area (Å²) in [5.74, 6) is 0. The molecule has 0 aromatic carbocycles. The third kappa shape index (κ3) is 22.5. The number of methoxy groups -OCH3 is 1. The van der Waals surface area contributed by atoms with Crippen molar-refractivity contribution in [3.05, 3.63) is 0 Å². The van der Waals surface area contributed by atoms with Crippen molar-refractivity contribution in [3.8, 4) is 0 Å². The zero-order chi connectivity index (χ0) is 9.82. The Morgan fingerprint density at radius 2 is 1.58 bits per heavy atom. The van der Waals surface area contributed by atoms with Gasteiger partial charge >= 0.3 is 0 Å². The van der Waals surface area contributed by atoms with E-state index in [2.05, 4.69) is 4.74 Å². The van der Waals surface area contributed by atoms with E-state index < -0.39 is 0 Å². The highest BCUT2D eigenvalue weighted by molar-refractivity contribution is 4.36. The third-order valence-electron chi connectivity index (χ3n) is 0.974. The van der Waals surface area contributed by atoms with Crippen molar-refractivity contribution in [3.63, 3.8) is 0 Å². The molecule has 0 saturated carbocycles.